The first-order chi connectivity index (χ1) is 7.26. The monoisotopic (exact) mass is 245 g/mol. The molecule has 0 spiro atoms. The normalized spacial score (nSPS) is 12.7. The lowest BCUT2D eigenvalue weighted by Gasteiger charge is -2.11. The van der Waals surface area contributed by atoms with Crippen molar-refractivity contribution in [3.63, 3.8) is 0 Å². The maximum Gasteiger partial charge on any atom is 0.0584 e. The van der Waals surface area contributed by atoms with Gasteiger partial charge in [0.1, 0.15) is 0 Å². The van der Waals surface area contributed by atoms with E-state index in [1.54, 1.807) is 11.8 Å². The standard InChI is InChI=1S/C11H16ClNOS/c1-13-10(8-14)6-7-15-11-4-2-9(12)3-5-11/h2-5,10,13-14H,6-8H2,1H3. The van der Waals surface area contributed by atoms with E-state index < -0.39 is 0 Å². The van der Waals surface area contributed by atoms with Crippen LogP contribution in [0.4, 0.5) is 0 Å². The summed E-state index contributed by atoms with van der Waals surface area (Å²) >= 11 is 7.57. The van der Waals surface area contributed by atoms with Gasteiger partial charge in [-0.3, -0.25) is 0 Å². The number of aliphatic hydroxyl groups is 1. The molecule has 0 aliphatic heterocycles. The quantitative estimate of drug-likeness (QED) is 0.755. The second-order valence-electron chi connectivity index (χ2n) is 3.26. The molecule has 1 aromatic rings. The molecule has 1 rings (SSSR count). The Bertz CT molecular complexity index is 274. The van der Waals surface area contributed by atoms with Crippen LogP contribution in [0.2, 0.25) is 5.02 Å². The molecule has 84 valence electrons. The van der Waals surface area contributed by atoms with Crippen LogP contribution in [0.5, 0.6) is 0 Å². The highest BCUT2D eigenvalue weighted by molar-refractivity contribution is 7.99. The van der Waals surface area contributed by atoms with Crippen LogP contribution in [0.3, 0.4) is 0 Å². The molecule has 4 heteroatoms. The fraction of sp³-hybridized carbons (Fsp3) is 0.455. The minimum absolute atomic E-state index is 0.192. The Kier molecular flexibility index (Phi) is 6.10. The van der Waals surface area contributed by atoms with Gasteiger partial charge < -0.3 is 10.4 Å². The summed E-state index contributed by atoms with van der Waals surface area (Å²) < 4.78 is 0. The van der Waals surface area contributed by atoms with E-state index in [4.69, 9.17) is 16.7 Å². The molecule has 0 saturated heterocycles. The van der Waals surface area contributed by atoms with Gasteiger partial charge in [-0.25, -0.2) is 0 Å². The van der Waals surface area contributed by atoms with Crippen LogP contribution in [0, 0.1) is 0 Å². The van der Waals surface area contributed by atoms with E-state index in [-0.39, 0.29) is 12.6 Å². The smallest absolute Gasteiger partial charge is 0.0584 e. The van der Waals surface area contributed by atoms with Crippen molar-refractivity contribution in [1.82, 2.24) is 5.32 Å². The first-order valence-electron chi connectivity index (χ1n) is 4.92. The van der Waals surface area contributed by atoms with Gasteiger partial charge in [0, 0.05) is 16.0 Å². The van der Waals surface area contributed by atoms with E-state index in [0.717, 1.165) is 17.2 Å². The van der Waals surface area contributed by atoms with Crippen LogP contribution in [0.25, 0.3) is 0 Å². The number of hydrogen-bond donors (Lipinski definition) is 2. The summed E-state index contributed by atoms with van der Waals surface area (Å²) in [7, 11) is 1.87. The van der Waals surface area contributed by atoms with E-state index in [2.05, 4.69) is 5.32 Å². The summed E-state index contributed by atoms with van der Waals surface area (Å²) in [5, 5.41) is 12.8. The molecule has 0 saturated carbocycles. The Balaban J connectivity index is 2.28. The third kappa shape index (κ3) is 4.89. The lowest BCUT2D eigenvalue weighted by Crippen LogP contribution is -2.29. The molecule has 2 nitrogen and oxygen atoms in total. The zero-order chi connectivity index (χ0) is 11.1. The summed E-state index contributed by atoms with van der Waals surface area (Å²) in [6.45, 7) is 0.192. The summed E-state index contributed by atoms with van der Waals surface area (Å²) in [5.41, 5.74) is 0. The molecule has 2 N–H and O–H groups in total. The maximum atomic E-state index is 8.97. The third-order valence-electron chi connectivity index (χ3n) is 2.18. The van der Waals surface area contributed by atoms with Gasteiger partial charge in [0.2, 0.25) is 0 Å². The molecule has 0 fully saturated rings. The number of benzene rings is 1. The molecule has 0 radical (unpaired) electrons. The topological polar surface area (TPSA) is 32.3 Å². The van der Waals surface area contributed by atoms with E-state index in [9.17, 15) is 0 Å². The van der Waals surface area contributed by atoms with Crippen LogP contribution in [0.1, 0.15) is 6.42 Å². The minimum Gasteiger partial charge on any atom is -0.395 e. The van der Waals surface area contributed by atoms with E-state index in [0.29, 0.717) is 0 Å². The zero-order valence-electron chi connectivity index (χ0n) is 8.74. The van der Waals surface area contributed by atoms with Gasteiger partial charge in [-0.05, 0) is 43.5 Å². The molecule has 1 aromatic carbocycles. The van der Waals surface area contributed by atoms with Crippen LogP contribution in [-0.4, -0.2) is 30.6 Å². The summed E-state index contributed by atoms with van der Waals surface area (Å²) in [6.07, 6.45) is 0.959. The Hall–Kier alpha value is -0.220. The van der Waals surface area contributed by atoms with Crippen molar-refractivity contribution in [3.8, 4) is 0 Å². The van der Waals surface area contributed by atoms with Gasteiger partial charge in [-0.1, -0.05) is 11.6 Å². The van der Waals surface area contributed by atoms with Crippen molar-refractivity contribution in [3.05, 3.63) is 29.3 Å². The molecule has 0 aliphatic carbocycles. The van der Waals surface area contributed by atoms with Gasteiger partial charge in [-0.15, -0.1) is 11.8 Å². The van der Waals surface area contributed by atoms with Crippen molar-refractivity contribution < 1.29 is 5.11 Å². The summed E-state index contributed by atoms with van der Waals surface area (Å²) in [6, 6.07) is 8.02. The molecular weight excluding hydrogens is 230 g/mol. The van der Waals surface area contributed by atoms with E-state index in [1.807, 2.05) is 31.3 Å². The van der Waals surface area contributed by atoms with E-state index in [1.165, 1.54) is 4.90 Å². The van der Waals surface area contributed by atoms with Gasteiger partial charge in [0.05, 0.1) is 6.61 Å². The average molecular weight is 246 g/mol. The second-order valence-corrected chi connectivity index (χ2v) is 4.86. The van der Waals surface area contributed by atoms with Crippen LogP contribution in [-0.2, 0) is 0 Å². The van der Waals surface area contributed by atoms with E-state index >= 15 is 0 Å². The third-order valence-corrected chi connectivity index (χ3v) is 3.47. The summed E-state index contributed by atoms with van der Waals surface area (Å²) in [5.74, 6) is 0.994. The number of nitrogens with one attached hydrogen (secondary N) is 1. The molecule has 1 atom stereocenters. The molecule has 0 aromatic heterocycles. The van der Waals surface area contributed by atoms with Crippen molar-refractivity contribution in [2.24, 2.45) is 0 Å². The van der Waals surface area contributed by atoms with Gasteiger partial charge >= 0.3 is 0 Å². The van der Waals surface area contributed by atoms with Crippen molar-refractivity contribution in [2.45, 2.75) is 17.4 Å². The predicted octanol–water partition coefficient (Wildman–Crippen LogP) is 2.40. The Morgan fingerprint density at radius 1 is 1.40 bits per heavy atom. The number of thioether (sulfide) groups is 1. The fourth-order valence-electron chi connectivity index (χ4n) is 1.18. The highest BCUT2D eigenvalue weighted by Crippen LogP contribution is 2.21. The minimum atomic E-state index is 0.192. The number of halogens is 1. The maximum absolute atomic E-state index is 8.97. The second kappa shape index (κ2) is 7.12. The van der Waals surface area contributed by atoms with Crippen molar-refractivity contribution >= 4 is 23.4 Å². The van der Waals surface area contributed by atoms with Crippen LogP contribution < -0.4 is 5.32 Å². The molecular formula is C11H16ClNOS. The number of aliphatic hydroxyl groups excluding tert-OH is 1. The SMILES string of the molecule is CNC(CO)CCSc1ccc(Cl)cc1. The Morgan fingerprint density at radius 2 is 2.07 bits per heavy atom. The molecule has 0 amide bonds. The van der Waals surface area contributed by atoms with Crippen molar-refractivity contribution in [2.75, 3.05) is 19.4 Å². The largest absolute Gasteiger partial charge is 0.395 e. The van der Waals surface area contributed by atoms with Crippen LogP contribution in [0.15, 0.2) is 29.2 Å². The van der Waals surface area contributed by atoms with Crippen LogP contribution >= 0.6 is 23.4 Å². The Morgan fingerprint density at radius 3 is 2.60 bits per heavy atom. The zero-order valence-corrected chi connectivity index (χ0v) is 10.3. The van der Waals surface area contributed by atoms with Crippen molar-refractivity contribution in [1.29, 1.82) is 0 Å². The lowest BCUT2D eigenvalue weighted by atomic mass is 10.2. The van der Waals surface area contributed by atoms with Gasteiger partial charge in [0.15, 0.2) is 0 Å². The molecule has 0 bridgehead atoms. The first-order valence-corrected chi connectivity index (χ1v) is 6.29. The highest BCUT2D eigenvalue weighted by Gasteiger charge is 2.03. The molecule has 15 heavy (non-hydrogen) atoms. The predicted molar refractivity (Wildman–Crippen MR) is 66.7 cm³/mol. The lowest BCUT2D eigenvalue weighted by molar-refractivity contribution is 0.246. The first kappa shape index (κ1) is 12.8. The number of hydrogen-bond acceptors (Lipinski definition) is 3. The van der Waals surface area contributed by atoms with Gasteiger partial charge in [-0.2, -0.15) is 0 Å². The molecule has 0 aliphatic rings. The molecule has 1 unspecified atom stereocenters. The Labute approximate surface area is 100 Å². The highest BCUT2D eigenvalue weighted by atomic mass is 35.5. The fourth-order valence-corrected chi connectivity index (χ4v) is 2.27. The summed E-state index contributed by atoms with van der Waals surface area (Å²) in [4.78, 5) is 1.21. The number of rotatable bonds is 6. The molecule has 0 heterocycles. The number of likely N-dealkylation sites (N-methyl/N-ethyl adjacent to an activating group) is 1. The van der Waals surface area contributed by atoms with Gasteiger partial charge in [0.25, 0.3) is 0 Å². The average Bonchev–Trinajstić information content (AvgIpc) is 2.27.